The highest BCUT2D eigenvalue weighted by Crippen LogP contribution is 2.25. The largest absolute Gasteiger partial charge is 0.337 e. The molecular weight excluding hydrogens is 190 g/mol. The third-order valence-electron chi connectivity index (χ3n) is 1.68. The topological polar surface area (TPSA) is 31.9 Å². The zero-order chi connectivity index (χ0) is 8.39. The van der Waals surface area contributed by atoms with Crippen molar-refractivity contribution in [3.63, 3.8) is 0 Å². The Balaban J connectivity index is 2.08. The van der Waals surface area contributed by atoms with E-state index in [1.54, 1.807) is 0 Å². The fourth-order valence-electron chi connectivity index (χ4n) is 1.09. The van der Waals surface area contributed by atoms with E-state index in [1.165, 1.54) is 5.08 Å². The lowest BCUT2D eigenvalue weighted by Gasteiger charge is -2.25. The van der Waals surface area contributed by atoms with Gasteiger partial charge in [-0.05, 0) is 6.92 Å². The van der Waals surface area contributed by atoms with Gasteiger partial charge < -0.3 is 4.90 Å². The van der Waals surface area contributed by atoms with Crippen LogP contribution in [0.3, 0.4) is 0 Å². The van der Waals surface area contributed by atoms with E-state index in [2.05, 4.69) is 21.2 Å². The zero-order valence-corrected chi connectivity index (χ0v) is 8.54. The number of anilines is 1. The molecule has 2 heterocycles. The molecule has 1 aliphatic rings. The number of aromatic amines is 1. The van der Waals surface area contributed by atoms with E-state index in [9.17, 15) is 0 Å². The number of aromatic nitrogens is 2. The van der Waals surface area contributed by atoms with Crippen LogP contribution >= 0.6 is 23.5 Å². The van der Waals surface area contributed by atoms with Crippen molar-refractivity contribution in [2.75, 3.05) is 21.7 Å². The molecule has 12 heavy (non-hydrogen) atoms. The standard InChI is InChI=1S/C7H11N3S2/c1-6-2-7(9-8-6)10-3-11-5-12-4-10/h2H,3-5H2,1H3,(H,8,9). The molecule has 66 valence electrons. The fourth-order valence-corrected chi connectivity index (χ4v) is 3.16. The molecule has 1 aromatic heterocycles. The average molecular weight is 201 g/mol. The maximum atomic E-state index is 4.21. The number of H-pyrrole nitrogens is 1. The highest BCUT2D eigenvalue weighted by Gasteiger charge is 2.13. The smallest absolute Gasteiger partial charge is 0.151 e. The van der Waals surface area contributed by atoms with Crippen LogP contribution in [0.5, 0.6) is 0 Å². The number of aryl methyl sites for hydroxylation is 1. The molecular formula is C7H11N3S2. The van der Waals surface area contributed by atoms with Crippen LogP contribution in [-0.4, -0.2) is 27.0 Å². The Kier molecular flexibility index (Phi) is 2.51. The molecule has 0 spiro atoms. The summed E-state index contributed by atoms with van der Waals surface area (Å²) in [5.74, 6) is 3.21. The Morgan fingerprint density at radius 1 is 1.50 bits per heavy atom. The number of hydrogen-bond acceptors (Lipinski definition) is 4. The average Bonchev–Trinajstić information content (AvgIpc) is 2.54. The minimum atomic E-state index is 1.07. The molecule has 0 bridgehead atoms. The second-order valence-corrected chi connectivity index (χ2v) is 5.01. The van der Waals surface area contributed by atoms with Gasteiger partial charge >= 0.3 is 0 Å². The molecule has 0 saturated carbocycles. The maximum absolute atomic E-state index is 4.21. The van der Waals surface area contributed by atoms with Crippen molar-refractivity contribution in [2.24, 2.45) is 0 Å². The monoisotopic (exact) mass is 201 g/mol. The molecule has 1 aliphatic heterocycles. The lowest BCUT2D eigenvalue weighted by atomic mass is 10.5. The summed E-state index contributed by atoms with van der Waals surface area (Å²) in [4.78, 5) is 2.28. The zero-order valence-electron chi connectivity index (χ0n) is 6.91. The van der Waals surface area contributed by atoms with E-state index >= 15 is 0 Å². The van der Waals surface area contributed by atoms with E-state index in [1.807, 2.05) is 30.4 Å². The fraction of sp³-hybridized carbons (Fsp3) is 0.571. The normalized spacial score (nSPS) is 18.2. The molecule has 0 unspecified atom stereocenters. The van der Waals surface area contributed by atoms with Crippen LogP contribution in [0.4, 0.5) is 5.82 Å². The molecule has 0 aromatic carbocycles. The minimum absolute atomic E-state index is 1.07. The molecule has 1 aromatic rings. The van der Waals surface area contributed by atoms with Gasteiger partial charge in [-0.3, -0.25) is 5.10 Å². The van der Waals surface area contributed by atoms with Crippen LogP contribution in [0.25, 0.3) is 0 Å². The molecule has 1 N–H and O–H groups in total. The van der Waals surface area contributed by atoms with Gasteiger partial charge in [-0.25, -0.2) is 0 Å². The van der Waals surface area contributed by atoms with E-state index in [0.29, 0.717) is 0 Å². The summed E-state index contributed by atoms with van der Waals surface area (Å²) in [6.45, 7) is 2.03. The third-order valence-corrected chi connectivity index (χ3v) is 4.00. The molecule has 1 fully saturated rings. The van der Waals surface area contributed by atoms with Crippen molar-refractivity contribution in [3.05, 3.63) is 11.8 Å². The summed E-state index contributed by atoms with van der Waals surface area (Å²) in [5.41, 5.74) is 1.13. The Morgan fingerprint density at radius 2 is 2.25 bits per heavy atom. The molecule has 0 amide bonds. The van der Waals surface area contributed by atoms with Gasteiger partial charge in [0.2, 0.25) is 0 Å². The number of nitrogens with one attached hydrogen (secondary N) is 1. The summed E-state index contributed by atoms with van der Waals surface area (Å²) in [5, 5.41) is 8.38. The first-order valence-corrected chi connectivity index (χ1v) is 6.09. The van der Waals surface area contributed by atoms with Gasteiger partial charge in [-0.2, -0.15) is 5.10 Å². The molecule has 0 atom stereocenters. The van der Waals surface area contributed by atoms with Crippen molar-refractivity contribution in [1.29, 1.82) is 0 Å². The Hall–Kier alpha value is -0.290. The quantitative estimate of drug-likeness (QED) is 0.752. The second-order valence-electron chi connectivity index (χ2n) is 2.73. The molecule has 0 aliphatic carbocycles. The van der Waals surface area contributed by atoms with Gasteiger partial charge in [0, 0.05) is 16.8 Å². The van der Waals surface area contributed by atoms with Crippen molar-refractivity contribution < 1.29 is 0 Å². The number of thioether (sulfide) groups is 2. The maximum Gasteiger partial charge on any atom is 0.151 e. The van der Waals surface area contributed by atoms with Crippen LogP contribution in [0.15, 0.2) is 6.07 Å². The van der Waals surface area contributed by atoms with Crippen LogP contribution in [-0.2, 0) is 0 Å². The summed E-state index contributed by atoms with van der Waals surface area (Å²) in [6, 6.07) is 2.09. The highest BCUT2D eigenvalue weighted by atomic mass is 32.2. The van der Waals surface area contributed by atoms with Crippen LogP contribution in [0, 0.1) is 6.92 Å². The summed E-state index contributed by atoms with van der Waals surface area (Å²) in [6.07, 6.45) is 0. The Bertz CT molecular complexity index is 255. The van der Waals surface area contributed by atoms with Crippen molar-refractivity contribution in [3.8, 4) is 0 Å². The third kappa shape index (κ3) is 1.72. The second kappa shape index (κ2) is 3.62. The molecule has 2 rings (SSSR count). The predicted octanol–water partition coefficient (Wildman–Crippen LogP) is 1.88. The van der Waals surface area contributed by atoms with Gasteiger partial charge in [0.05, 0.1) is 11.8 Å². The molecule has 5 heteroatoms. The van der Waals surface area contributed by atoms with E-state index in [0.717, 1.165) is 23.3 Å². The number of hydrogen-bond donors (Lipinski definition) is 1. The van der Waals surface area contributed by atoms with Crippen molar-refractivity contribution >= 4 is 29.3 Å². The van der Waals surface area contributed by atoms with Crippen molar-refractivity contribution in [1.82, 2.24) is 10.2 Å². The van der Waals surface area contributed by atoms with Crippen LogP contribution in [0.1, 0.15) is 5.69 Å². The van der Waals surface area contributed by atoms with E-state index in [4.69, 9.17) is 0 Å². The van der Waals surface area contributed by atoms with E-state index in [-0.39, 0.29) is 0 Å². The lowest BCUT2D eigenvalue weighted by molar-refractivity contribution is 0.969. The highest BCUT2D eigenvalue weighted by molar-refractivity contribution is 8.16. The van der Waals surface area contributed by atoms with Gasteiger partial charge in [0.15, 0.2) is 5.82 Å². The predicted molar refractivity (Wildman–Crippen MR) is 55.6 cm³/mol. The SMILES string of the molecule is Cc1cc(N2CSCSC2)n[nH]1. The van der Waals surface area contributed by atoms with Gasteiger partial charge in [-0.15, -0.1) is 23.5 Å². The van der Waals surface area contributed by atoms with Crippen LogP contribution in [0.2, 0.25) is 0 Å². The number of rotatable bonds is 1. The first-order chi connectivity index (χ1) is 5.86. The van der Waals surface area contributed by atoms with Crippen molar-refractivity contribution in [2.45, 2.75) is 6.92 Å². The van der Waals surface area contributed by atoms with Gasteiger partial charge in [0.25, 0.3) is 0 Å². The lowest BCUT2D eigenvalue weighted by Crippen LogP contribution is -2.25. The van der Waals surface area contributed by atoms with Gasteiger partial charge in [-0.1, -0.05) is 0 Å². The number of nitrogens with zero attached hydrogens (tertiary/aromatic N) is 2. The summed E-state index contributed by atoms with van der Waals surface area (Å²) >= 11 is 3.88. The first kappa shape index (κ1) is 8.31. The van der Waals surface area contributed by atoms with Gasteiger partial charge in [0.1, 0.15) is 0 Å². The molecule has 3 nitrogen and oxygen atoms in total. The summed E-state index contributed by atoms with van der Waals surface area (Å²) in [7, 11) is 0. The summed E-state index contributed by atoms with van der Waals surface area (Å²) < 4.78 is 0. The Labute approximate surface area is 80.3 Å². The molecule has 1 saturated heterocycles. The first-order valence-electron chi connectivity index (χ1n) is 3.79. The Morgan fingerprint density at radius 3 is 2.83 bits per heavy atom. The minimum Gasteiger partial charge on any atom is -0.337 e. The van der Waals surface area contributed by atoms with E-state index < -0.39 is 0 Å². The van der Waals surface area contributed by atoms with Crippen LogP contribution < -0.4 is 4.90 Å². The molecule has 0 radical (unpaired) electrons.